The van der Waals surface area contributed by atoms with Gasteiger partial charge in [-0.05, 0) is 74.3 Å². The monoisotopic (exact) mass is 482 g/mol. The molecule has 2 aromatic rings. The van der Waals surface area contributed by atoms with Crippen LogP contribution in [0.25, 0.3) is 0 Å². The number of nitrogens with one attached hydrogen (secondary N) is 2. The molecular weight excluding hydrogens is 460 g/mol. The molecule has 1 aliphatic carbocycles. The maximum absolute atomic E-state index is 12.7. The summed E-state index contributed by atoms with van der Waals surface area (Å²) >= 11 is 14.6. The standard InChI is InChI=1S/C21H23ClN2O3S3/c1-4-27-20(26)17-13-7-5-11(2)9-16(13)30-19(17)24-21(28)23-18(25)14-10-12(29-3)6-8-15(14)22/h6,8,10-11H,4-5,7,9H2,1-3H3,(H2,23,24,25,28)/t11-/m0/s1. The number of rotatable bonds is 5. The van der Waals surface area contributed by atoms with Crippen LogP contribution < -0.4 is 10.6 Å². The van der Waals surface area contributed by atoms with Crippen LogP contribution in [0.3, 0.4) is 0 Å². The highest BCUT2D eigenvalue weighted by molar-refractivity contribution is 7.98. The number of hydrogen-bond donors (Lipinski definition) is 2. The van der Waals surface area contributed by atoms with Gasteiger partial charge < -0.3 is 10.1 Å². The number of halogens is 1. The van der Waals surface area contributed by atoms with Crippen molar-refractivity contribution in [2.75, 3.05) is 18.2 Å². The molecule has 2 N–H and O–H groups in total. The summed E-state index contributed by atoms with van der Waals surface area (Å²) in [6, 6.07) is 5.26. The minimum absolute atomic E-state index is 0.114. The van der Waals surface area contributed by atoms with Crippen molar-refractivity contribution < 1.29 is 14.3 Å². The number of benzene rings is 1. The first-order valence-electron chi connectivity index (χ1n) is 9.61. The zero-order chi connectivity index (χ0) is 21.8. The molecule has 0 radical (unpaired) electrons. The molecule has 160 valence electrons. The molecule has 0 aliphatic heterocycles. The van der Waals surface area contributed by atoms with Crippen molar-refractivity contribution in [2.24, 2.45) is 5.92 Å². The lowest BCUT2D eigenvalue weighted by Gasteiger charge is -2.18. The van der Waals surface area contributed by atoms with Crippen LogP contribution in [0.2, 0.25) is 5.02 Å². The molecule has 1 aromatic heterocycles. The summed E-state index contributed by atoms with van der Waals surface area (Å²) in [7, 11) is 0. The molecule has 1 heterocycles. The SMILES string of the molecule is CCOC(=O)c1c(NC(=S)NC(=O)c2cc(SC)ccc2Cl)sc2c1CC[C@H](C)C2. The predicted molar refractivity (Wildman–Crippen MR) is 128 cm³/mol. The van der Waals surface area contributed by atoms with Crippen LogP contribution in [0.4, 0.5) is 5.00 Å². The molecule has 1 aliphatic rings. The van der Waals surface area contributed by atoms with E-state index < -0.39 is 5.91 Å². The first kappa shape index (κ1) is 23.1. The van der Waals surface area contributed by atoms with Gasteiger partial charge in [-0.1, -0.05) is 18.5 Å². The Hall–Kier alpha value is -1.61. The van der Waals surface area contributed by atoms with Crippen molar-refractivity contribution in [1.82, 2.24) is 5.32 Å². The number of amides is 1. The van der Waals surface area contributed by atoms with E-state index in [2.05, 4.69) is 17.6 Å². The van der Waals surface area contributed by atoms with Gasteiger partial charge in [-0.25, -0.2) is 4.79 Å². The van der Waals surface area contributed by atoms with Crippen molar-refractivity contribution in [3.63, 3.8) is 0 Å². The van der Waals surface area contributed by atoms with Gasteiger partial charge in [-0.15, -0.1) is 23.1 Å². The van der Waals surface area contributed by atoms with Crippen LogP contribution >= 0.6 is 46.9 Å². The van der Waals surface area contributed by atoms with Gasteiger partial charge in [0.25, 0.3) is 5.91 Å². The van der Waals surface area contributed by atoms with Crippen LogP contribution in [0.5, 0.6) is 0 Å². The topological polar surface area (TPSA) is 67.4 Å². The van der Waals surface area contributed by atoms with E-state index in [4.69, 9.17) is 28.6 Å². The zero-order valence-electron chi connectivity index (χ0n) is 17.0. The fourth-order valence-electron chi connectivity index (χ4n) is 3.37. The zero-order valence-corrected chi connectivity index (χ0v) is 20.2. The summed E-state index contributed by atoms with van der Waals surface area (Å²) in [6.07, 6.45) is 4.71. The molecule has 9 heteroatoms. The fourth-order valence-corrected chi connectivity index (χ4v) is 5.67. The Kier molecular flexibility index (Phi) is 7.79. The van der Waals surface area contributed by atoms with E-state index in [1.54, 1.807) is 19.1 Å². The molecule has 30 heavy (non-hydrogen) atoms. The number of carbonyl (C=O) groups excluding carboxylic acids is 2. The maximum atomic E-state index is 12.7. The number of esters is 1. The van der Waals surface area contributed by atoms with Crippen LogP contribution in [-0.2, 0) is 17.6 Å². The van der Waals surface area contributed by atoms with Crippen LogP contribution in [0, 0.1) is 5.92 Å². The molecule has 0 saturated heterocycles. The van der Waals surface area contributed by atoms with E-state index in [1.165, 1.54) is 28.0 Å². The lowest BCUT2D eigenvalue weighted by molar-refractivity contribution is 0.0526. The normalized spacial score (nSPS) is 15.3. The number of hydrogen-bond acceptors (Lipinski definition) is 6. The third-order valence-corrected chi connectivity index (χ3v) is 7.29. The third-order valence-electron chi connectivity index (χ3n) is 4.86. The van der Waals surface area contributed by atoms with Crippen LogP contribution in [0.15, 0.2) is 23.1 Å². The molecule has 1 atom stereocenters. The molecule has 0 fully saturated rings. The second-order valence-corrected chi connectivity index (χ2v) is 9.83. The largest absolute Gasteiger partial charge is 0.462 e. The molecule has 0 bridgehead atoms. The van der Waals surface area contributed by atoms with E-state index in [-0.39, 0.29) is 11.1 Å². The minimum atomic E-state index is -0.402. The highest BCUT2D eigenvalue weighted by Crippen LogP contribution is 2.40. The van der Waals surface area contributed by atoms with Gasteiger partial charge >= 0.3 is 5.97 Å². The number of thiocarbonyl (C=S) groups is 1. The molecular formula is C21H23ClN2O3S3. The quantitative estimate of drug-likeness (QED) is 0.331. The minimum Gasteiger partial charge on any atom is -0.462 e. The third kappa shape index (κ3) is 5.17. The maximum Gasteiger partial charge on any atom is 0.341 e. The second-order valence-electron chi connectivity index (χ2n) is 7.03. The summed E-state index contributed by atoms with van der Waals surface area (Å²) in [6.45, 7) is 4.28. The van der Waals surface area contributed by atoms with E-state index in [1.807, 2.05) is 12.3 Å². The van der Waals surface area contributed by atoms with Crippen LogP contribution in [-0.4, -0.2) is 29.9 Å². The number of fused-ring (bicyclic) bond motifs is 1. The Morgan fingerprint density at radius 3 is 2.87 bits per heavy atom. The fraction of sp³-hybridized carbons (Fsp3) is 0.381. The van der Waals surface area contributed by atoms with Gasteiger partial charge in [0.15, 0.2) is 5.11 Å². The highest BCUT2D eigenvalue weighted by atomic mass is 35.5. The summed E-state index contributed by atoms with van der Waals surface area (Å²) in [4.78, 5) is 27.4. The summed E-state index contributed by atoms with van der Waals surface area (Å²) in [5.74, 6) is -0.200. The smallest absolute Gasteiger partial charge is 0.341 e. The van der Waals surface area contributed by atoms with Crippen molar-refractivity contribution in [2.45, 2.75) is 38.0 Å². The Morgan fingerprint density at radius 1 is 1.40 bits per heavy atom. The number of thioether (sulfide) groups is 1. The molecule has 0 spiro atoms. The summed E-state index contributed by atoms with van der Waals surface area (Å²) < 4.78 is 5.27. The number of anilines is 1. The molecule has 1 aromatic carbocycles. The van der Waals surface area contributed by atoms with E-state index in [0.29, 0.717) is 33.7 Å². The number of carbonyl (C=O) groups is 2. The number of thiophene rings is 1. The first-order chi connectivity index (χ1) is 14.3. The van der Waals surface area contributed by atoms with Gasteiger partial charge in [0.05, 0.1) is 22.8 Å². The molecule has 0 unspecified atom stereocenters. The lowest BCUT2D eigenvalue weighted by atomic mass is 9.88. The first-order valence-corrected chi connectivity index (χ1v) is 12.4. The average molecular weight is 483 g/mol. The Bertz CT molecular complexity index is 990. The Balaban J connectivity index is 1.81. The average Bonchev–Trinajstić information content (AvgIpc) is 3.04. The van der Waals surface area contributed by atoms with Crippen molar-refractivity contribution in [1.29, 1.82) is 0 Å². The highest BCUT2D eigenvalue weighted by Gasteiger charge is 2.29. The predicted octanol–water partition coefficient (Wildman–Crippen LogP) is 5.55. The summed E-state index contributed by atoms with van der Waals surface area (Å²) in [5.41, 5.74) is 1.91. The van der Waals surface area contributed by atoms with Crippen molar-refractivity contribution in [3.05, 3.63) is 44.8 Å². The Morgan fingerprint density at radius 2 is 2.17 bits per heavy atom. The van der Waals surface area contributed by atoms with Crippen LogP contribution in [0.1, 0.15) is 51.4 Å². The molecule has 1 amide bonds. The van der Waals surface area contributed by atoms with Gasteiger partial charge in [-0.2, -0.15) is 0 Å². The van der Waals surface area contributed by atoms with Gasteiger partial charge in [-0.3, -0.25) is 10.1 Å². The van der Waals surface area contributed by atoms with Gasteiger partial charge in [0.2, 0.25) is 0 Å². The van der Waals surface area contributed by atoms with Gasteiger partial charge in [0, 0.05) is 9.77 Å². The van der Waals surface area contributed by atoms with Crippen molar-refractivity contribution >= 4 is 68.9 Å². The molecule has 3 rings (SSSR count). The van der Waals surface area contributed by atoms with Gasteiger partial charge in [0.1, 0.15) is 5.00 Å². The van der Waals surface area contributed by atoms with E-state index in [0.717, 1.165) is 29.7 Å². The second kappa shape index (κ2) is 10.1. The van der Waals surface area contributed by atoms with Crippen molar-refractivity contribution in [3.8, 4) is 0 Å². The number of ether oxygens (including phenoxy) is 1. The van der Waals surface area contributed by atoms with E-state index >= 15 is 0 Å². The molecule has 5 nitrogen and oxygen atoms in total. The molecule has 0 saturated carbocycles. The van der Waals surface area contributed by atoms with E-state index in [9.17, 15) is 9.59 Å². The lowest BCUT2D eigenvalue weighted by Crippen LogP contribution is -2.34. The Labute approximate surface area is 194 Å². The summed E-state index contributed by atoms with van der Waals surface area (Å²) in [5, 5.41) is 6.78.